The van der Waals surface area contributed by atoms with E-state index < -0.39 is 0 Å². The first-order valence-corrected chi connectivity index (χ1v) is 14.9. The van der Waals surface area contributed by atoms with Gasteiger partial charge in [0.25, 0.3) is 0 Å². The van der Waals surface area contributed by atoms with Crippen LogP contribution in [0, 0.1) is 0 Å². The average molecular weight is 560 g/mol. The SMILES string of the molecule is CC1(C)c2cc(Nc3ccc4c(c3)oc3ccccc34)ccc2-c2ccc(C3=CC4=C(CC3)Oc3ccccc3O4)cc21. The molecule has 0 fully saturated rings. The van der Waals surface area contributed by atoms with Gasteiger partial charge in [0, 0.05) is 40.0 Å². The highest BCUT2D eigenvalue weighted by Gasteiger charge is 2.36. The van der Waals surface area contributed by atoms with Gasteiger partial charge in [-0.25, -0.2) is 0 Å². The molecule has 5 aromatic carbocycles. The topological polar surface area (TPSA) is 43.6 Å². The van der Waals surface area contributed by atoms with Crippen LogP contribution in [0.5, 0.6) is 11.5 Å². The van der Waals surface area contributed by atoms with Gasteiger partial charge in [-0.05, 0) is 94.4 Å². The standard InChI is InChI=1S/C39H29NO3/c1-39(2)31-19-23(24-12-18-36-38(20-24)43-35-10-6-5-9-34(35)42-36)11-15-27(31)28-16-13-25(21-32(28)39)40-26-14-17-30-29-7-3-4-8-33(29)41-37(30)22-26/h3-11,13-17,19-22,40H,12,18H2,1-2H3. The fraction of sp³-hybridized carbons (Fsp3) is 0.128. The molecular weight excluding hydrogens is 530 g/mol. The van der Waals surface area contributed by atoms with Crippen molar-refractivity contribution in [3.8, 4) is 22.6 Å². The molecule has 0 radical (unpaired) electrons. The molecule has 0 unspecified atom stereocenters. The molecule has 0 saturated carbocycles. The van der Waals surface area contributed by atoms with Gasteiger partial charge in [0.05, 0.1) is 0 Å². The van der Waals surface area contributed by atoms with E-state index in [0.29, 0.717) is 0 Å². The maximum absolute atomic E-state index is 6.24. The molecular formula is C39H29NO3. The van der Waals surface area contributed by atoms with E-state index in [4.69, 9.17) is 13.9 Å². The average Bonchev–Trinajstić information content (AvgIpc) is 3.51. The third-order valence-electron chi connectivity index (χ3n) is 9.22. The van der Waals surface area contributed by atoms with Gasteiger partial charge in [-0.2, -0.15) is 0 Å². The Morgan fingerprint density at radius 2 is 1.33 bits per heavy atom. The Labute approximate surface area is 249 Å². The molecule has 6 aromatic rings. The number of hydrogen-bond donors (Lipinski definition) is 1. The molecule has 4 heteroatoms. The van der Waals surface area contributed by atoms with Crippen molar-refractivity contribution in [1.29, 1.82) is 0 Å². The summed E-state index contributed by atoms with van der Waals surface area (Å²) in [4.78, 5) is 0. The van der Waals surface area contributed by atoms with Crippen molar-refractivity contribution in [2.75, 3.05) is 5.32 Å². The Bertz CT molecular complexity index is 2200. The van der Waals surface area contributed by atoms with Gasteiger partial charge in [-0.3, -0.25) is 0 Å². The van der Waals surface area contributed by atoms with Crippen LogP contribution in [0.25, 0.3) is 38.6 Å². The normalized spacial score (nSPS) is 16.1. The number of anilines is 2. The Morgan fingerprint density at radius 1 is 0.628 bits per heavy atom. The predicted octanol–water partition coefficient (Wildman–Crippen LogP) is 10.5. The summed E-state index contributed by atoms with van der Waals surface area (Å²) in [6.07, 6.45) is 3.90. The predicted molar refractivity (Wildman–Crippen MR) is 173 cm³/mol. The van der Waals surface area contributed by atoms with E-state index in [1.165, 1.54) is 33.4 Å². The number of furan rings is 1. The monoisotopic (exact) mass is 559 g/mol. The number of rotatable bonds is 3. The van der Waals surface area contributed by atoms with Crippen LogP contribution < -0.4 is 14.8 Å². The second-order valence-corrected chi connectivity index (χ2v) is 12.2. The molecule has 0 amide bonds. The molecule has 2 aliphatic carbocycles. The zero-order valence-corrected chi connectivity index (χ0v) is 24.0. The van der Waals surface area contributed by atoms with Gasteiger partial charge in [-0.1, -0.05) is 62.4 Å². The molecule has 1 N–H and O–H groups in total. The van der Waals surface area contributed by atoms with Gasteiger partial charge >= 0.3 is 0 Å². The van der Waals surface area contributed by atoms with Gasteiger partial charge in [0.1, 0.15) is 16.9 Å². The zero-order chi connectivity index (χ0) is 28.7. The highest BCUT2D eigenvalue weighted by atomic mass is 16.6. The van der Waals surface area contributed by atoms with Crippen molar-refractivity contribution in [1.82, 2.24) is 0 Å². The van der Waals surface area contributed by atoms with Crippen molar-refractivity contribution < 1.29 is 13.9 Å². The quantitative estimate of drug-likeness (QED) is 0.234. The summed E-state index contributed by atoms with van der Waals surface area (Å²) >= 11 is 0. The van der Waals surface area contributed by atoms with Crippen LogP contribution in [-0.4, -0.2) is 0 Å². The summed E-state index contributed by atoms with van der Waals surface area (Å²) in [6.45, 7) is 4.66. The minimum absolute atomic E-state index is 0.135. The number of benzene rings is 5. The number of hydrogen-bond acceptors (Lipinski definition) is 4. The van der Waals surface area contributed by atoms with Crippen molar-refractivity contribution >= 4 is 38.9 Å². The van der Waals surface area contributed by atoms with Crippen LogP contribution in [0.15, 0.2) is 125 Å². The fourth-order valence-corrected chi connectivity index (χ4v) is 6.95. The van der Waals surface area contributed by atoms with Crippen LogP contribution in [-0.2, 0) is 5.41 Å². The molecule has 3 aliphatic rings. The van der Waals surface area contributed by atoms with Crippen LogP contribution in [0.4, 0.5) is 11.4 Å². The molecule has 2 heterocycles. The summed E-state index contributed by atoms with van der Waals surface area (Å²) < 4.78 is 18.5. The lowest BCUT2D eigenvalue weighted by atomic mass is 9.81. The maximum Gasteiger partial charge on any atom is 0.170 e. The second-order valence-electron chi connectivity index (χ2n) is 12.2. The van der Waals surface area contributed by atoms with Crippen molar-refractivity contribution in [2.24, 2.45) is 0 Å². The molecule has 9 rings (SSSR count). The Kier molecular flexibility index (Phi) is 5.04. The smallest absolute Gasteiger partial charge is 0.170 e. The van der Waals surface area contributed by atoms with E-state index in [9.17, 15) is 0 Å². The summed E-state index contributed by atoms with van der Waals surface area (Å²) in [5, 5.41) is 5.91. The number of para-hydroxylation sites is 3. The lowest BCUT2D eigenvalue weighted by molar-refractivity contribution is 0.291. The van der Waals surface area contributed by atoms with Gasteiger partial charge < -0.3 is 19.2 Å². The van der Waals surface area contributed by atoms with Crippen molar-refractivity contribution in [3.05, 3.63) is 137 Å². The number of nitrogens with one attached hydrogen (secondary N) is 1. The first kappa shape index (κ1) is 24.4. The molecule has 0 saturated heterocycles. The number of ether oxygens (including phenoxy) is 2. The van der Waals surface area contributed by atoms with Crippen LogP contribution in [0.1, 0.15) is 43.4 Å². The van der Waals surface area contributed by atoms with E-state index in [1.807, 2.05) is 36.4 Å². The summed E-state index contributed by atoms with van der Waals surface area (Å²) in [5.74, 6) is 3.29. The Morgan fingerprint density at radius 3 is 2.21 bits per heavy atom. The highest BCUT2D eigenvalue weighted by Crippen LogP contribution is 2.51. The van der Waals surface area contributed by atoms with E-state index in [-0.39, 0.29) is 5.41 Å². The molecule has 4 nitrogen and oxygen atoms in total. The Hall–Kier alpha value is -5.22. The van der Waals surface area contributed by atoms with Gasteiger partial charge in [0.2, 0.25) is 0 Å². The first-order valence-electron chi connectivity index (χ1n) is 14.9. The molecule has 43 heavy (non-hydrogen) atoms. The third-order valence-corrected chi connectivity index (χ3v) is 9.22. The van der Waals surface area contributed by atoms with Gasteiger partial charge in [0.15, 0.2) is 17.3 Å². The number of fused-ring (bicyclic) bond motifs is 7. The lowest BCUT2D eigenvalue weighted by Crippen LogP contribution is -2.16. The summed E-state index contributed by atoms with van der Waals surface area (Å²) in [5.41, 5.74) is 11.6. The molecule has 1 aromatic heterocycles. The zero-order valence-electron chi connectivity index (χ0n) is 24.0. The summed E-state index contributed by atoms with van der Waals surface area (Å²) in [6, 6.07) is 36.1. The van der Waals surface area contributed by atoms with E-state index >= 15 is 0 Å². The molecule has 208 valence electrons. The lowest BCUT2D eigenvalue weighted by Gasteiger charge is -2.27. The fourth-order valence-electron chi connectivity index (χ4n) is 6.95. The number of allylic oxidation sites excluding steroid dienone is 3. The van der Waals surface area contributed by atoms with E-state index in [2.05, 4.69) is 92.0 Å². The third kappa shape index (κ3) is 3.76. The molecule has 1 aliphatic heterocycles. The minimum Gasteiger partial charge on any atom is -0.456 e. The highest BCUT2D eigenvalue weighted by molar-refractivity contribution is 6.05. The Balaban J connectivity index is 1.02. The second kappa shape index (κ2) is 8.89. The van der Waals surface area contributed by atoms with E-state index in [0.717, 1.165) is 69.2 Å². The van der Waals surface area contributed by atoms with Gasteiger partial charge in [-0.15, -0.1) is 0 Å². The first-order chi connectivity index (χ1) is 21.0. The minimum atomic E-state index is -0.135. The van der Waals surface area contributed by atoms with E-state index in [1.54, 1.807) is 0 Å². The van der Waals surface area contributed by atoms with Crippen LogP contribution in [0.3, 0.4) is 0 Å². The molecule has 0 bridgehead atoms. The largest absolute Gasteiger partial charge is 0.456 e. The van der Waals surface area contributed by atoms with Crippen molar-refractivity contribution in [3.63, 3.8) is 0 Å². The van der Waals surface area contributed by atoms with Crippen LogP contribution in [0.2, 0.25) is 0 Å². The maximum atomic E-state index is 6.24. The van der Waals surface area contributed by atoms with Crippen LogP contribution >= 0.6 is 0 Å². The molecule has 0 spiro atoms. The molecule has 0 atom stereocenters. The van der Waals surface area contributed by atoms with Crippen molar-refractivity contribution in [2.45, 2.75) is 32.1 Å². The summed E-state index contributed by atoms with van der Waals surface area (Å²) in [7, 11) is 0.